The third kappa shape index (κ3) is 18.4. The van der Waals surface area contributed by atoms with E-state index in [1.807, 2.05) is 42.5 Å². The molecule has 0 aromatic carbocycles. The van der Waals surface area contributed by atoms with E-state index in [-0.39, 0.29) is 6.10 Å². The van der Waals surface area contributed by atoms with Gasteiger partial charge in [-0.2, -0.15) is 0 Å². The van der Waals surface area contributed by atoms with Crippen LogP contribution in [0.5, 0.6) is 0 Å². The summed E-state index contributed by atoms with van der Waals surface area (Å²) in [6, 6.07) is 0. The Kier molecular flexibility index (Phi) is 18.0. The van der Waals surface area contributed by atoms with Crippen LogP contribution in [-0.2, 0) is 9.68 Å². The van der Waals surface area contributed by atoms with Crippen LogP contribution in [-0.4, -0.2) is 22.4 Å². The van der Waals surface area contributed by atoms with Gasteiger partial charge in [-0.1, -0.05) is 100 Å². The van der Waals surface area contributed by atoms with E-state index < -0.39 is 5.97 Å². The van der Waals surface area contributed by atoms with E-state index in [0.29, 0.717) is 0 Å². The molecule has 26 heavy (non-hydrogen) atoms. The molecule has 4 heteroatoms. The molecule has 146 valence electrons. The summed E-state index contributed by atoms with van der Waals surface area (Å²) in [6.07, 6.45) is 27.6. The van der Waals surface area contributed by atoms with Crippen LogP contribution in [0.4, 0.5) is 0 Å². The third-order valence-corrected chi connectivity index (χ3v) is 3.75. The predicted octanol–water partition coefficient (Wildman–Crippen LogP) is 6.24. The van der Waals surface area contributed by atoms with Gasteiger partial charge in [0, 0.05) is 6.08 Å². The first-order chi connectivity index (χ1) is 12.7. The highest BCUT2D eigenvalue weighted by Crippen LogP contribution is 2.10. The van der Waals surface area contributed by atoms with Gasteiger partial charge in [0.15, 0.2) is 0 Å². The smallest absolute Gasteiger partial charge is 0.328 e. The van der Waals surface area contributed by atoms with Crippen molar-refractivity contribution in [2.75, 3.05) is 0 Å². The number of carboxylic acid groups (broad SMARTS) is 1. The molecule has 0 aliphatic carbocycles. The largest absolute Gasteiger partial charge is 0.478 e. The quantitative estimate of drug-likeness (QED) is 0.0851. The van der Waals surface area contributed by atoms with Crippen molar-refractivity contribution in [2.24, 2.45) is 0 Å². The fourth-order valence-corrected chi connectivity index (χ4v) is 2.30. The maximum atomic E-state index is 10.3. The van der Waals surface area contributed by atoms with Gasteiger partial charge in [0.25, 0.3) is 0 Å². The minimum atomic E-state index is -0.941. The molecule has 1 unspecified atom stereocenters. The summed E-state index contributed by atoms with van der Waals surface area (Å²) in [6.45, 7) is 2.21. The van der Waals surface area contributed by atoms with Crippen LogP contribution in [0, 0.1) is 0 Å². The summed E-state index contributed by atoms with van der Waals surface area (Å²) in [4.78, 5) is 14.8. The van der Waals surface area contributed by atoms with Crippen LogP contribution < -0.4 is 0 Å². The first kappa shape index (κ1) is 24.1. The van der Waals surface area contributed by atoms with Gasteiger partial charge in [-0.15, -0.1) is 0 Å². The predicted molar refractivity (Wildman–Crippen MR) is 108 cm³/mol. The molecular formula is C22H34O4. The number of rotatable bonds is 16. The molecule has 0 spiro atoms. The normalized spacial score (nSPS) is 13.9. The number of hydrogen-bond donors (Lipinski definition) is 2. The fraction of sp³-hybridized carbons (Fsp3) is 0.500. The zero-order valence-corrected chi connectivity index (χ0v) is 15.9. The molecule has 0 aromatic rings. The molecule has 0 bridgehead atoms. The maximum Gasteiger partial charge on any atom is 0.328 e. The second kappa shape index (κ2) is 19.4. The molecule has 0 amide bonds. The molecule has 0 aromatic heterocycles. The van der Waals surface area contributed by atoms with E-state index in [2.05, 4.69) is 11.8 Å². The number of carbonyl (C=O) groups is 1. The topological polar surface area (TPSA) is 66.8 Å². The van der Waals surface area contributed by atoms with Gasteiger partial charge in [-0.3, -0.25) is 5.26 Å². The van der Waals surface area contributed by atoms with Crippen molar-refractivity contribution in [2.45, 2.75) is 70.8 Å². The van der Waals surface area contributed by atoms with E-state index in [9.17, 15) is 4.79 Å². The van der Waals surface area contributed by atoms with E-state index in [0.717, 1.165) is 31.8 Å². The molecule has 4 nitrogen and oxygen atoms in total. The van der Waals surface area contributed by atoms with Crippen LogP contribution in [0.1, 0.15) is 64.7 Å². The van der Waals surface area contributed by atoms with Crippen molar-refractivity contribution in [1.82, 2.24) is 0 Å². The Labute approximate surface area is 158 Å². The SMILES string of the molecule is CCCCCCCCC(/C=C/C=C\C/C=C\CC=CC=CC(=O)O)OO. The molecule has 0 saturated carbocycles. The molecular weight excluding hydrogens is 328 g/mol. The highest BCUT2D eigenvalue weighted by atomic mass is 17.1. The lowest BCUT2D eigenvalue weighted by Gasteiger charge is -2.07. The fourth-order valence-electron chi connectivity index (χ4n) is 2.30. The second-order valence-corrected chi connectivity index (χ2v) is 6.08. The first-order valence-corrected chi connectivity index (χ1v) is 9.55. The van der Waals surface area contributed by atoms with E-state index in [1.165, 1.54) is 38.2 Å². The molecule has 0 fully saturated rings. The zero-order chi connectivity index (χ0) is 19.3. The minimum Gasteiger partial charge on any atom is -0.478 e. The monoisotopic (exact) mass is 362 g/mol. The lowest BCUT2D eigenvalue weighted by atomic mass is 10.1. The summed E-state index contributed by atoms with van der Waals surface area (Å²) in [7, 11) is 0. The van der Waals surface area contributed by atoms with Gasteiger partial charge in [0.2, 0.25) is 0 Å². The highest BCUT2D eigenvalue weighted by molar-refractivity contribution is 5.80. The number of aliphatic carboxylic acids is 1. The van der Waals surface area contributed by atoms with Crippen LogP contribution in [0.2, 0.25) is 0 Å². The number of carboxylic acids is 1. The van der Waals surface area contributed by atoms with E-state index in [1.54, 1.807) is 6.08 Å². The van der Waals surface area contributed by atoms with Gasteiger partial charge in [-0.25, -0.2) is 9.68 Å². The Hall–Kier alpha value is -1.91. The Bertz CT molecular complexity index is 473. The summed E-state index contributed by atoms with van der Waals surface area (Å²) in [5, 5.41) is 17.3. The third-order valence-electron chi connectivity index (χ3n) is 3.75. The van der Waals surface area contributed by atoms with Crippen LogP contribution in [0.25, 0.3) is 0 Å². The van der Waals surface area contributed by atoms with E-state index >= 15 is 0 Å². The summed E-state index contributed by atoms with van der Waals surface area (Å²) in [5.74, 6) is -0.941. The van der Waals surface area contributed by atoms with Gasteiger partial charge in [-0.05, 0) is 19.3 Å². The summed E-state index contributed by atoms with van der Waals surface area (Å²) >= 11 is 0. The standard InChI is InChI=1S/C22H34O4/c1-2-3-4-5-12-15-18-21(26-25)19-16-13-10-8-6-7-9-11-14-17-20-22(23)24/h6-7,10-11,13-14,16-17,19-21,25H,2-5,8-9,12,15,18H2,1H3,(H,23,24)/b7-6-,13-10-,14-11?,19-16+,20-17?. The maximum absolute atomic E-state index is 10.3. The minimum absolute atomic E-state index is 0.231. The molecule has 0 aliphatic heterocycles. The van der Waals surface area contributed by atoms with Gasteiger partial charge in [0.05, 0.1) is 0 Å². The molecule has 0 rings (SSSR count). The lowest BCUT2D eigenvalue weighted by Crippen LogP contribution is -2.06. The van der Waals surface area contributed by atoms with Gasteiger partial charge >= 0.3 is 5.97 Å². The molecule has 0 saturated heterocycles. The van der Waals surface area contributed by atoms with Crippen molar-refractivity contribution in [3.8, 4) is 0 Å². The Balaban J connectivity index is 3.79. The molecule has 0 heterocycles. The van der Waals surface area contributed by atoms with Crippen molar-refractivity contribution < 1.29 is 20.0 Å². The van der Waals surface area contributed by atoms with Gasteiger partial charge < -0.3 is 5.11 Å². The molecule has 0 radical (unpaired) electrons. The number of hydrogen-bond acceptors (Lipinski definition) is 3. The van der Waals surface area contributed by atoms with Crippen molar-refractivity contribution >= 4 is 5.97 Å². The molecule has 2 N–H and O–H groups in total. The second-order valence-electron chi connectivity index (χ2n) is 6.08. The van der Waals surface area contributed by atoms with Crippen LogP contribution >= 0.6 is 0 Å². The molecule has 0 aliphatic rings. The van der Waals surface area contributed by atoms with Crippen LogP contribution in [0.15, 0.2) is 60.8 Å². The summed E-state index contributed by atoms with van der Waals surface area (Å²) in [5.41, 5.74) is 0. The average Bonchev–Trinajstić information content (AvgIpc) is 2.63. The Morgan fingerprint density at radius 1 is 0.885 bits per heavy atom. The lowest BCUT2D eigenvalue weighted by molar-refractivity contribution is -0.267. The van der Waals surface area contributed by atoms with Crippen LogP contribution in [0.3, 0.4) is 0 Å². The highest BCUT2D eigenvalue weighted by Gasteiger charge is 2.03. The van der Waals surface area contributed by atoms with Crippen molar-refractivity contribution in [3.05, 3.63) is 60.8 Å². The zero-order valence-electron chi connectivity index (χ0n) is 15.9. The van der Waals surface area contributed by atoms with Crippen molar-refractivity contribution in [1.29, 1.82) is 0 Å². The number of allylic oxidation sites excluding steroid dienone is 8. The van der Waals surface area contributed by atoms with E-state index in [4.69, 9.17) is 10.4 Å². The number of unbranched alkanes of at least 4 members (excludes halogenated alkanes) is 5. The van der Waals surface area contributed by atoms with Gasteiger partial charge in [0.1, 0.15) is 6.10 Å². The molecule has 1 atom stereocenters. The summed E-state index contributed by atoms with van der Waals surface area (Å²) < 4.78 is 0. The Morgan fingerprint density at radius 3 is 2.12 bits per heavy atom. The average molecular weight is 363 g/mol. The first-order valence-electron chi connectivity index (χ1n) is 9.55. The van der Waals surface area contributed by atoms with Crippen molar-refractivity contribution in [3.63, 3.8) is 0 Å². The Morgan fingerprint density at radius 2 is 1.50 bits per heavy atom.